The number of carbonyl (C=O) groups is 1. The molecule has 0 heterocycles. The number of aliphatic hydroxyl groups excluding tert-OH is 1. The normalized spacial score (nSPS) is 15.2. The van der Waals surface area contributed by atoms with Crippen LogP contribution in [0.1, 0.15) is 136 Å². The summed E-state index contributed by atoms with van der Waals surface area (Å²) >= 11 is 0. The van der Waals surface area contributed by atoms with Crippen LogP contribution >= 0.6 is 7.82 Å². The Balaban J connectivity index is 4.46. The molecular formula is C37H67N2O6P. The third kappa shape index (κ3) is 30.8. The average Bonchev–Trinajstić information content (AvgIpc) is 3.04. The van der Waals surface area contributed by atoms with Gasteiger partial charge >= 0.3 is 7.82 Å². The van der Waals surface area contributed by atoms with E-state index in [0.717, 1.165) is 57.8 Å². The van der Waals surface area contributed by atoms with Crippen molar-refractivity contribution in [2.45, 2.75) is 148 Å². The fraction of sp³-hybridized carbons (Fsp3) is 0.703. The van der Waals surface area contributed by atoms with Gasteiger partial charge in [0.1, 0.15) is 0 Å². The smallest absolute Gasteiger partial charge is 0.387 e. The molecule has 0 rings (SSSR count). The minimum absolute atomic E-state index is 0.0688. The number of hydrogen-bond donors (Lipinski definition) is 4. The molecule has 0 aromatic heterocycles. The van der Waals surface area contributed by atoms with E-state index in [9.17, 15) is 19.4 Å². The molecule has 3 unspecified atom stereocenters. The lowest BCUT2D eigenvalue weighted by Gasteiger charge is -2.23. The van der Waals surface area contributed by atoms with Gasteiger partial charge in [0.05, 0.1) is 25.4 Å². The maximum absolute atomic E-state index is 12.6. The molecule has 0 radical (unpaired) electrons. The first kappa shape index (κ1) is 44.2. The summed E-state index contributed by atoms with van der Waals surface area (Å²) in [4.78, 5) is 22.5. The molecule has 0 saturated heterocycles. The van der Waals surface area contributed by atoms with Gasteiger partial charge in [0, 0.05) is 13.0 Å². The predicted molar refractivity (Wildman–Crippen MR) is 193 cm³/mol. The Morgan fingerprint density at radius 2 is 1.26 bits per heavy atom. The number of phosphoric ester groups is 1. The molecule has 8 nitrogen and oxygen atoms in total. The summed E-state index contributed by atoms with van der Waals surface area (Å²) in [6.07, 6.45) is 39.8. The van der Waals surface area contributed by atoms with Crippen LogP contribution in [-0.2, 0) is 18.4 Å². The van der Waals surface area contributed by atoms with Crippen molar-refractivity contribution in [2.75, 3.05) is 19.8 Å². The number of hydrogen-bond acceptors (Lipinski definition) is 6. The second-order valence-corrected chi connectivity index (χ2v) is 13.1. The number of phosphoric acid groups is 1. The van der Waals surface area contributed by atoms with Gasteiger partial charge < -0.3 is 21.1 Å². The molecule has 9 heteroatoms. The molecule has 0 bridgehead atoms. The Morgan fingerprint density at radius 3 is 1.85 bits per heavy atom. The highest BCUT2D eigenvalue weighted by atomic mass is 31.2. The third-order valence-corrected chi connectivity index (χ3v) is 8.33. The lowest BCUT2D eigenvalue weighted by Crippen LogP contribution is -2.45. The van der Waals surface area contributed by atoms with E-state index in [1.807, 2.05) is 6.08 Å². The van der Waals surface area contributed by atoms with Crippen LogP contribution < -0.4 is 11.1 Å². The number of carbonyl (C=O) groups excluding carboxylic acids is 1. The number of amides is 1. The zero-order chi connectivity index (χ0) is 34.0. The summed E-state index contributed by atoms with van der Waals surface area (Å²) in [5.74, 6) is -0.239. The van der Waals surface area contributed by atoms with Crippen molar-refractivity contribution in [3.8, 4) is 0 Å². The molecule has 0 fully saturated rings. The van der Waals surface area contributed by atoms with Crippen LogP contribution in [0, 0.1) is 0 Å². The number of allylic oxidation sites excluding steroid dienone is 9. The number of aliphatic hydroxyl groups is 1. The van der Waals surface area contributed by atoms with Crippen LogP contribution in [0.15, 0.2) is 60.8 Å². The van der Waals surface area contributed by atoms with Gasteiger partial charge in [0.25, 0.3) is 0 Å². The quantitative estimate of drug-likeness (QED) is 0.0320. The highest BCUT2D eigenvalue weighted by Gasteiger charge is 2.26. The van der Waals surface area contributed by atoms with E-state index < -0.39 is 20.0 Å². The zero-order valence-corrected chi connectivity index (χ0v) is 29.9. The Morgan fingerprint density at radius 1 is 0.739 bits per heavy atom. The molecule has 266 valence electrons. The van der Waals surface area contributed by atoms with Crippen LogP contribution in [-0.4, -0.2) is 47.8 Å². The van der Waals surface area contributed by atoms with E-state index in [0.29, 0.717) is 12.8 Å². The monoisotopic (exact) mass is 666 g/mol. The lowest BCUT2D eigenvalue weighted by molar-refractivity contribution is -0.123. The Bertz CT molecular complexity index is 902. The van der Waals surface area contributed by atoms with E-state index >= 15 is 0 Å². The van der Waals surface area contributed by atoms with Crippen molar-refractivity contribution in [2.24, 2.45) is 5.73 Å². The Hall–Kier alpha value is -1.80. The Labute approximate surface area is 281 Å². The van der Waals surface area contributed by atoms with Crippen molar-refractivity contribution in [3.05, 3.63) is 60.8 Å². The second kappa shape index (κ2) is 33.1. The van der Waals surface area contributed by atoms with Crippen LogP contribution in [0.3, 0.4) is 0 Å². The molecule has 5 N–H and O–H groups in total. The molecule has 1 amide bonds. The highest BCUT2D eigenvalue weighted by Crippen LogP contribution is 2.43. The minimum atomic E-state index is -4.34. The largest absolute Gasteiger partial charge is 0.472 e. The second-order valence-electron chi connectivity index (χ2n) is 11.7. The number of rotatable bonds is 32. The van der Waals surface area contributed by atoms with Gasteiger partial charge in [-0.25, -0.2) is 4.57 Å². The first-order chi connectivity index (χ1) is 22.4. The van der Waals surface area contributed by atoms with E-state index in [4.69, 9.17) is 14.8 Å². The molecule has 0 aliphatic rings. The van der Waals surface area contributed by atoms with Crippen LogP contribution in [0.4, 0.5) is 0 Å². The van der Waals surface area contributed by atoms with E-state index in [1.54, 1.807) is 6.08 Å². The summed E-state index contributed by atoms with van der Waals surface area (Å²) in [7, 11) is -4.34. The van der Waals surface area contributed by atoms with Gasteiger partial charge in [-0.1, -0.05) is 132 Å². The highest BCUT2D eigenvalue weighted by molar-refractivity contribution is 7.47. The van der Waals surface area contributed by atoms with E-state index in [1.165, 1.54) is 51.4 Å². The average molecular weight is 667 g/mol. The van der Waals surface area contributed by atoms with Gasteiger partial charge in [0.15, 0.2) is 0 Å². The van der Waals surface area contributed by atoms with Crippen molar-refractivity contribution in [1.29, 1.82) is 0 Å². The summed E-state index contributed by atoms with van der Waals surface area (Å²) in [5, 5.41) is 13.5. The molecule has 0 aliphatic heterocycles. The van der Waals surface area contributed by atoms with Gasteiger partial charge in [-0.2, -0.15) is 0 Å². The minimum Gasteiger partial charge on any atom is -0.387 e. The number of nitrogens with two attached hydrogens (primary N) is 1. The summed E-state index contributed by atoms with van der Waals surface area (Å²) in [6.45, 7) is 3.94. The molecule has 0 spiro atoms. The molecule has 3 atom stereocenters. The SMILES string of the molecule is CC/C=C\C/C=C\C/C=C\C/C=C\CCCCC(=O)NC(COP(=O)(O)OCCN)C(O)/C=C/CCCCCCCCCCCC. The summed E-state index contributed by atoms with van der Waals surface area (Å²) in [5.41, 5.74) is 5.34. The lowest BCUT2D eigenvalue weighted by atomic mass is 10.1. The molecule has 0 aromatic rings. The standard InChI is InChI=1S/C37H67N2O6P/c1-3-5-7-9-11-13-15-17-18-19-21-23-25-27-29-31-37(41)39-35(34-45-46(42,43)44-33-32-38)36(40)30-28-26-24-22-20-16-14-12-10-8-6-4-2/h5,7,11,13,17-18,21,23,28,30,35-36,40H,3-4,6,8-10,12,14-16,19-20,22,24-27,29,31-34,38H2,1-2H3,(H,39,41)(H,42,43)/b7-5-,13-11-,18-17-,23-21-,30-28+. The van der Waals surface area contributed by atoms with Gasteiger partial charge in [0.2, 0.25) is 5.91 Å². The fourth-order valence-electron chi connectivity index (χ4n) is 4.65. The fourth-order valence-corrected chi connectivity index (χ4v) is 5.41. The molecule has 0 saturated carbocycles. The van der Waals surface area contributed by atoms with Gasteiger partial charge in [-0.05, 0) is 57.8 Å². The van der Waals surface area contributed by atoms with Crippen LogP contribution in [0.5, 0.6) is 0 Å². The van der Waals surface area contributed by atoms with Gasteiger partial charge in [-0.15, -0.1) is 0 Å². The first-order valence-electron chi connectivity index (χ1n) is 17.9. The zero-order valence-electron chi connectivity index (χ0n) is 29.0. The van der Waals surface area contributed by atoms with Crippen LogP contribution in [0.25, 0.3) is 0 Å². The summed E-state index contributed by atoms with van der Waals surface area (Å²) < 4.78 is 22.0. The molecular weight excluding hydrogens is 599 g/mol. The molecule has 0 aromatic carbocycles. The number of nitrogens with one attached hydrogen (secondary N) is 1. The Kier molecular flexibility index (Phi) is 31.8. The molecule has 46 heavy (non-hydrogen) atoms. The predicted octanol–water partition coefficient (Wildman–Crippen LogP) is 9.16. The summed E-state index contributed by atoms with van der Waals surface area (Å²) in [6, 6.07) is -0.882. The first-order valence-corrected chi connectivity index (χ1v) is 19.4. The van der Waals surface area contributed by atoms with Crippen molar-refractivity contribution in [3.63, 3.8) is 0 Å². The maximum Gasteiger partial charge on any atom is 0.472 e. The third-order valence-electron chi connectivity index (χ3n) is 7.35. The van der Waals surface area contributed by atoms with Crippen LogP contribution in [0.2, 0.25) is 0 Å². The van der Waals surface area contributed by atoms with Gasteiger partial charge in [-0.3, -0.25) is 13.8 Å². The van der Waals surface area contributed by atoms with E-state index in [2.05, 4.69) is 67.8 Å². The topological polar surface area (TPSA) is 131 Å². The maximum atomic E-state index is 12.6. The van der Waals surface area contributed by atoms with E-state index in [-0.39, 0.29) is 25.7 Å². The van der Waals surface area contributed by atoms with Crippen molar-refractivity contribution >= 4 is 13.7 Å². The number of unbranched alkanes of at least 4 members (excludes halogenated alkanes) is 12. The van der Waals surface area contributed by atoms with Crippen molar-refractivity contribution in [1.82, 2.24) is 5.32 Å². The van der Waals surface area contributed by atoms with Crippen molar-refractivity contribution < 1.29 is 28.4 Å². The molecule has 0 aliphatic carbocycles.